The van der Waals surface area contributed by atoms with Gasteiger partial charge in [0.15, 0.2) is 0 Å². The summed E-state index contributed by atoms with van der Waals surface area (Å²) in [6.45, 7) is 0.461. The molecule has 1 aromatic heterocycles. The van der Waals surface area contributed by atoms with E-state index in [0.717, 1.165) is 0 Å². The van der Waals surface area contributed by atoms with Crippen molar-refractivity contribution in [3.8, 4) is 6.07 Å². The van der Waals surface area contributed by atoms with E-state index < -0.39 is 11.2 Å². The van der Waals surface area contributed by atoms with Gasteiger partial charge in [0.25, 0.3) is 5.56 Å². The molecule has 1 rings (SSSR count). The SMILES string of the molecule is N#CCCCn1ccc(=O)[nH]c1=O. The van der Waals surface area contributed by atoms with E-state index in [1.165, 1.54) is 16.8 Å². The molecule has 1 aromatic rings. The second-order valence-electron chi connectivity index (χ2n) is 2.57. The number of nitrogens with one attached hydrogen (secondary N) is 1. The van der Waals surface area contributed by atoms with Crippen LogP contribution >= 0.6 is 0 Å². The molecular weight excluding hydrogens is 170 g/mol. The second-order valence-corrected chi connectivity index (χ2v) is 2.57. The quantitative estimate of drug-likeness (QED) is 0.655. The molecule has 0 atom stereocenters. The van der Waals surface area contributed by atoms with Gasteiger partial charge in [0.05, 0.1) is 6.07 Å². The van der Waals surface area contributed by atoms with E-state index in [1.54, 1.807) is 0 Å². The predicted molar refractivity (Wildman–Crippen MR) is 46.2 cm³/mol. The van der Waals surface area contributed by atoms with E-state index >= 15 is 0 Å². The van der Waals surface area contributed by atoms with Gasteiger partial charge in [-0.1, -0.05) is 0 Å². The topological polar surface area (TPSA) is 78.7 Å². The van der Waals surface area contributed by atoms with Crippen LogP contribution in [0.4, 0.5) is 0 Å². The molecule has 5 nitrogen and oxygen atoms in total. The van der Waals surface area contributed by atoms with Crippen molar-refractivity contribution in [2.24, 2.45) is 0 Å². The minimum Gasteiger partial charge on any atom is -0.301 e. The Balaban J connectivity index is 2.74. The first-order valence-electron chi connectivity index (χ1n) is 3.91. The van der Waals surface area contributed by atoms with E-state index in [1.807, 2.05) is 6.07 Å². The summed E-state index contributed by atoms with van der Waals surface area (Å²) in [6.07, 6.45) is 2.45. The zero-order valence-corrected chi connectivity index (χ0v) is 6.99. The molecule has 0 bridgehead atoms. The molecule has 0 amide bonds. The van der Waals surface area contributed by atoms with E-state index in [2.05, 4.69) is 4.98 Å². The van der Waals surface area contributed by atoms with E-state index in [0.29, 0.717) is 19.4 Å². The summed E-state index contributed by atoms with van der Waals surface area (Å²) >= 11 is 0. The maximum atomic E-state index is 11.1. The Labute approximate surface area is 74.3 Å². The number of nitrogens with zero attached hydrogens (tertiary/aromatic N) is 2. The Morgan fingerprint density at radius 2 is 2.31 bits per heavy atom. The van der Waals surface area contributed by atoms with E-state index in [-0.39, 0.29) is 0 Å². The summed E-state index contributed by atoms with van der Waals surface area (Å²) < 4.78 is 1.37. The fourth-order valence-electron chi connectivity index (χ4n) is 0.949. The van der Waals surface area contributed by atoms with Crippen LogP contribution in [0.25, 0.3) is 0 Å². The fraction of sp³-hybridized carbons (Fsp3) is 0.375. The number of aromatic amines is 1. The van der Waals surface area contributed by atoms with Crippen molar-refractivity contribution in [2.45, 2.75) is 19.4 Å². The molecule has 0 aliphatic heterocycles. The van der Waals surface area contributed by atoms with E-state index in [9.17, 15) is 9.59 Å². The lowest BCUT2D eigenvalue weighted by Crippen LogP contribution is -2.28. The third-order valence-corrected chi connectivity index (χ3v) is 1.58. The van der Waals surface area contributed by atoms with Gasteiger partial charge >= 0.3 is 5.69 Å². The lowest BCUT2D eigenvalue weighted by atomic mass is 10.3. The van der Waals surface area contributed by atoms with Gasteiger partial charge in [0.1, 0.15) is 0 Å². The van der Waals surface area contributed by atoms with Crippen molar-refractivity contribution in [3.63, 3.8) is 0 Å². The highest BCUT2D eigenvalue weighted by atomic mass is 16.2. The van der Waals surface area contributed by atoms with Crippen molar-refractivity contribution in [3.05, 3.63) is 33.1 Å². The Hall–Kier alpha value is -1.83. The van der Waals surface area contributed by atoms with Crippen LogP contribution < -0.4 is 11.2 Å². The van der Waals surface area contributed by atoms with Gasteiger partial charge in [-0.2, -0.15) is 5.26 Å². The zero-order chi connectivity index (χ0) is 9.68. The number of H-pyrrole nitrogens is 1. The molecule has 0 aromatic carbocycles. The standard InChI is InChI=1S/C8H9N3O2/c9-4-1-2-5-11-6-3-7(12)10-8(11)13/h3,6H,1-2,5H2,(H,10,12,13). The lowest BCUT2D eigenvalue weighted by molar-refractivity contribution is 0.613. The number of nitriles is 1. The van der Waals surface area contributed by atoms with Crippen molar-refractivity contribution in [2.75, 3.05) is 0 Å². The Morgan fingerprint density at radius 3 is 2.92 bits per heavy atom. The van der Waals surface area contributed by atoms with Crippen LogP contribution in [-0.2, 0) is 6.54 Å². The number of hydrogen-bond donors (Lipinski definition) is 1. The highest BCUT2D eigenvalue weighted by Crippen LogP contribution is 1.88. The van der Waals surface area contributed by atoms with Crippen LogP contribution in [0.5, 0.6) is 0 Å². The maximum absolute atomic E-state index is 11.1. The molecule has 1 heterocycles. The Kier molecular flexibility index (Phi) is 3.03. The van der Waals surface area contributed by atoms with Gasteiger partial charge in [-0.25, -0.2) is 4.79 Å². The molecule has 68 valence electrons. The van der Waals surface area contributed by atoms with Gasteiger partial charge in [0.2, 0.25) is 0 Å². The number of unbranched alkanes of at least 4 members (excludes halogenated alkanes) is 1. The van der Waals surface area contributed by atoms with Crippen LogP contribution in [0, 0.1) is 11.3 Å². The van der Waals surface area contributed by atoms with Gasteiger partial charge in [0, 0.05) is 25.2 Å². The third-order valence-electron chi connectivity index (χ3n) is 1.58. The molecule has 0 aliphatic carbocycles. The first kappa shape index (κ1) is 9.26. The largest absolute Gasteiger partial charge is 0.328 e. The normalized spacial score (nSPS) is 9.46. The van der Waals surface area contributed by atoms with Crippen molar-refractivity contribution >= 4 is 0 Å². The first-order chi connectivity index (χ1) is 6.24. The maximum Gasteiger partial charge on any atom is 0.328 e. The van der Waals surface area contributed by atoms with Crippen molar-refractivity contribution < 1.29 is 0 Å². The van der Waals surface area contributed by atoms with Crippen LogP contribution in [-0.4, -0.2) is 9.55 Å². The summed E-state index contributed by atoms with van der Waals surface area (Å²) in [4.78, 5) is 23.8. The number of aryl methyl sites for hydroxylation is 1. The molecule has 1 N–H and O–H groups in total. The minimum absolute atomic E-state index is 0.401. The van der Waals surface area contributed by atoms with Gasteiger partial charge in [-0.3, -0.25) is 9.78 Å². The molecule has 0 unspecified atom stereocenters. The van der Waals surface area contributed by atoms with Crippen molar-refractivity contribution in [1.29, 1.82) is 5.26 Å². The molecule has 5 heteroatoms. The summed E-state index contributed by atoms with van der Waals surface area (Å²) in [5.41, 5.74) is -0.827. The molecule has 0 aliphatic rings. The highest BCUT2D eigenvalue weighted by molar-refractivity contribution is 4.82. The smallest absolute Gasteiger partial charge is 0.301 e. The Morgan fingerprint density at radius 1 is 1.54 bits per heavy atom. The summed E-state index contributed by atoms with van der Waals surface area (Å²) in [6, 6.07) is 3.27. The summed E-state index contributed by atoms with van der Waals surface area (Å²) in [7, 11) is 0. The average Bonchev–Trinajstić information content (AvgIpc) is 2.09. The number of aromatic nitrogens is 2. The second kappa shape index (κ2) is 4.26. The monoisotopic (exact) mass is 179 g/mol. The van der Waals surface area contributed by atoms with Gasteiger partial charge in [-0.15, -0.1) is 0 Å². The molecule has 0 saturated carbocycles. The summed E-state index contributed by atoms with van der Waals surface area (Å²) in [5.74, 6) is 0. The van der Waals surface area contributed by atoms with Crippen LogP contribution in [0.1, 0.15) is 12.8 Å². The van der Waals surface area contributed by atoms with Crippen LogP contribution in [0.3, 0.4) is 0 Å². The molecule has 0 spiro atoms. The molecule has 0 radical (unpaired) electrons. The Bertz CT molecular complexity index is 424. The lowest BCUT2D eigenvalue weighted by Gasteiger charge is -2.00. The molecule has 0 saturated heterocycles. The van der Waals surface area contributed by atoms with Gasteiger partial charge in [-0.05, 0) is 6.42 Å². The van der Waals surface area contributed by atoms with Crippen LogP contribution in [0.2, 0.25) is 0 Å². The number of hydrogen-bond acceptors (Lipinski definition) is 3. The first-order valence-corrected chi connectivity index (χ1v) is 3.91. The summed E-state index contributed by atoms with van der Waals surface area (Å²) in [5, 5.41) is 8.26. The molecule has 0 fully saturated rings. The average molecular weight is 179 g/mol. The molecule has 13 heavy (non-hydrogen) atoms. The third kappa shape index (κ3) is 2.60. The minimum atomic E-state index is -0.426. The number of rotatable bonds is 3. The highest BCUT2D eigenvalue weighted by Gasteiger charge is 1.94. The van der Waals surface area contributed by atoms with Crippen LogP contribution in [0.15, 0.2) is 21.9 Å². The zero-order valence-electron chi connectivity index (χ0n) is 6.99. The van der Waals surface area contributed by atoms with Crippen molar-refractivity contribution in [1.82, 2.24) is 9.55 Å². The van der Waals surface area contributed by atoms with Gasteiger partial charge < -0.3 is 4.57 Å². The molecular formula is C8H9N3O2. The fourth-order valence-corrected chi connectivity index (χ4v) is 0.949. The predicted octanol–water partition coefficient (Wildman–Crippen LogP) is -0.160. The van der Waals surface area contributed by atoms with E-state index in [4.69, 9.17) is 5.26 Å².